The molecule has 0 spiro atoms. The molecule has 2 amide bonds. The number of β-amino-alcohol motifs (C(OH)–C–C–N with tert-alkyl or cyclic N) is 1. The number of hydrogen-bond donors (Lipinski definition) is 2. The van der Waals surface area contributed by atoms with E-state index < -0.39 is 42.7 Å². The molecule has 2 rings (SSSR count). The third-order valence-corrected chi connectivity index (χ3v) is 3.19. The lowest BCUT2D eigenvalue weighted by atomic mass is 9.95. The molecule has 1 fully saturated rings. The van der Waals surface area contributed by atoms with E-state index in [1.165, 1.54) is 12.1 Å². The summed E-state index contributed by atoms with van der Waals surface area (Å²) >= 11 is 0. The number of rotatable bonds is 4. The van der Waals surface area contributed by atoms with Crippen molar-refractivity contribution < 1.29 is 27.9 Å². The number of halogens is 3. The number of nitrogens with one attached hydrogen (secondary N) is 1. The summed E-state index contributed by atoms with van der Waals surface area (Å²) < 4.78 is 37.4. The smallest absolute Gasteiger partial charge is 0.270 e. The van der Waals surface area contributed by atoms with Gasteiger partial charge in [-0.05, 0) is 24.3 Å². The molecule has 0 bridgehead atoms. The molecule has 1 aliphatic heterocycles. The summed E-state index contributed by atoms with van der Waals surface area (Å²) in [5, 5.41) is 11.6. The topological polar surface area (TPSA) is 69.6 Å². The Bertz CT molecular complexity index is 542. The lowest BCUT2D eigenvalue weighted by Crippen LogP contribution is -2.68. The van der Waals surface area contributed by atoms with E-state index in [0.29, 0.717) is 0 Å². The van der Waals surface area contributed by atoms with Crippen molar-refractivity contribution in [2.24, 2.45) is 0 Å². The van der Waals surface area contributed by atoms with E-state index in [2.05, 4.69) is 5.32 Å². The summed E-state index contributed by atoms with van der Waals surface area (Å²) in [6.45, 7) is -1.30. The van der Waals surface area contributed by atoms with Crippen LogP contribution in [0.1, 0.15) is 10.4 Å². The van der Waals surface area contributed by atoms with Gasteiger partial charge in [-0.3, -0.25) is 9.59 Å². The highest BCUT2D eigenvalue weighted by molar-refractivity contribution is 5.96. The van der Waals surface area contributed by atoms with E-state index in [-0.39, 0.29) is 12.1 Å². The van der Waals surface area contributed by atoms with Crippen LogP contribution < -0.4 is 5.32 Å². The van der Waals surface area contributed by atoms with Crippen LogP contribution >= 0.6 is 0 Å². The number of nitrogens with zero attached hydrogens (tertiary/aromatic N) is 1. The van der Waals surface area contributed by atoms with Gasteiger partial charge < -0.3 is 15.3 Å². The Morgan fingerprint density at radius 2 is 1.86 bits per heavy atom. The fourth-order valence-corrected chi connectivity index (χ4v) is 1.90. The molecule has 0 unspecified atom stereocenters. The Morgan fingerprint density at radius 3 is 2.38 bits per heavy atom. The quantitative estimate of drug-likeness (QED) is 0.845. The first-order chi connectivity index (χ1) is 9.82. The van der Waals surface area contributed by atoms with Gasteiger partial charge in [0, 0.05) is 5.56 Å². The van der Waals surface area contributed by atoms with Gasteiger partial charge in [-0.2, -0.15) is 0 Å². The average Bonchev–Trinajstić information content (AvgIpc) is 2.41. The highest BCUT2D eigenvalue weighted by atomic mass is 19.3. The second-order valence-electron chi connectivity index (χ2n) is 4.84. The number of amides is 2. The van der Waals surface area contributed by atoms with Gasteiger partial charge in [0.2, 0.25) is 5.91 Å². The minimum absolute atomic E-state index is 0.178. The van der Waals surface area contributed by atoms with E-state index in [0.717, 1.165) is 17.0 Å². The maximum Gasteiger partial charge on any atom is 0.270 e. The van der Waals surface area contributed by atoms with Crippen LogP contribution in [0.5, 0.6) is 0 Å². The number of hydrogen-bond acceptors (Lipinski definition) is 3. The van der Waals surface area contributed by atoms with Crippen molar-refractivity contribution in [1.82, 2.24) is 10.2 Å². The zero-order valence-corrected chi connectivity index (χ0v) is 10.9. The minimum atomic E-state index is -2.92. The lowest BCUT2D eigenvalue weighted by molar-refractivity contribution is -0.188. The number of carbonyl (C=O) groups excluding carboxylic acids is 2. The van der Waals surface area contributed by atoms with Crippen LogP contribution in [0.4, 0.5) is 13.2 Å². The number of carbonyl (C=O) groups is 2. The molecule has 0 saturated carbocycles. The van der Waals surface area contributed by atoms with Crippen molar-refractivity contribution in [1.29, 1.82) is 0 Å². The SMILES string of the molecule is O=C(NCC(=O)N1CC(O)(C(F)F)C1)c1ccc(F)cc1. The maximum absolute atomic E-state index is 12.7. The number of benzene rings is 1. The third-order valence-electron chi connectivity index (χ3n) is 3.19. The van der Waals surface area contributed by atoms with Gasteiger partial charge in [-0.15, -0.1) is 0 Å². The molecule has 5 nitrogen and oxygen atoms in total. The molecular weight excluding hydrogens is 289 g/mol. The first-order valence-corrected chi connectivity index (χ1v) is 6.14. The van der Waals surface area contributed by atoms with Gasteiger partial charge in [0.25, 0.3) is 12.3 Å². The first-order valence-electron chi connectivity index (χ1n) is 6.14. The zero-order chi connectivity index (χ0) is 15.6. The Hall–Kier alpha value is -2.09. The van der Waals surface area contributed by atoms with E-state index in [1.54, 1.807) is 0 Å². The Kier molecular flexibility index (Phi) is 4.17. The lowest BCUT2D eigenvalue weighted by Gasteiger charge is -2.45. The summed E-state index contributed by atoms with van der Waals surface area (Å²) in [5.74, 6) is -1.64. The summed E-state index contributed by atoms with van der Waals surface area (Å²) in [4.78, 5) is 24.3. The van der Waals surface area contributed by atoms with Gasteiger partial charge in [0.05, 0.1) is 19.6 Å². The van der Waals surface area contributed by atoms with Crippen molar-refractivity contribution in [2.75, 3.05) is 19.6 Å². The van der Waals surface area contributed by atoms with E-state index in [4.69, 9.17) is 0 Å². The molecule has 8 heteroatoms. The largest absolute Gasteiger partial charge is 0.380 e. The fourth-order valence-electron chi connectivity index (χ4n) is 1.90. The molecule has 114 valence electrons. The second-order valence-corrected chi connectivity index (χ2v) is 4.84. The highest BCUT2D eigenvalue weighted by Crippen LogP contribution is 2.27. The molecule has 0 radical (unpaired) electrons. The van der Waals surface area contributed by atoms with Crippen LogP contribution in [0.2, 0.25) is 0 Å². The van der Waals surface area contributed by atoms with Gasteiger partial charge in [-0.25, -0.2) is 13.2 Å². The molecule has 1 aliphatic rings. The summed E-state index contributed by atoms with van der Waals surface area (Å²) in [5.41, 5.74) is -1.98. The van der Waals surface area contributed by atoms with Crippen LogP contribution in [-0.2, 0) is 4.79 Å². The molecular formula is C13H13F3N2O3. The monoisotopic (exact) mass is 302 g/mol. The van der Waals surface area contributed by atoms with E-state index >= 15 is 0 Å². The van der Waals surface area contributed by atoms with Crippen molar-refractivity contribution in [2.45, 2.75) is 12.0 Å². The van der Waals surface area contributed by atoms with Crippen LogP contribution in [0, 0.1) is 5.82 Å². The Balaban J connectivity index is 1.80. The van der Waals surface area contributed by atoms with Crippen molar-refractivity contribution >= 4 is 11.8 Å². The van der Waals surface area contributed by atoms with Crippen LogP contribution in [-0.4, -0.2) is 53.5 Å². The van der Waals surface area contributed by atoms with Crippen LogP contribution in [0.25, 0.3) is 0 Å². The molecule has 21 heavy (non-hydrogen) atoms. The van der Waals surface area contributed by atoms with Crippen molar-refractivity contribution in [3.63, 3.8) is 0 Å². The Labute approximate surface area is 118 Å². The molecule has 2 N–H and O–H groups in total. The molecule has 1 saturated heterocycles. The van der Waals surface area contributed by atoms with Crippen LogP contribution in [0.3, 0.4) is 0 Å². The average molecular weight is 302 g/mol. The first kappa shape index (κ1) is 15.3. The van der Waals surface area contributed by atoms with E-state index in [9.17, 15) is 27.9 Å². The molecule has 0 aliphatic carbocycles. The number of aliphatic hydroxyl groups is 1. The molecule has 1 aromatic rings. The zero-order valence-electron chi connectivity index (χ0n) is 10.9. The maximum atomic E-state index is 12.7. The summed E-state index contributed by atoms with van der Waals surface area (Å²) in [6, 6.07) is 4.73. The van der Waals surface area contributed by atoms with Crippen molar-refractivity contribution in [3.05, 3.63) is 35.6 Å². The molecule has 0 atom stereocenters. The molecule has 0 aromatic heterocycles. The number of likely N-dealkylation sites (tertiary alicyclic amines) is 1. The minimum Gasteiger partial charge on any atom is -0.380 e. The van der Waals surface area contributed by atoms with Gasteiger partial charge in [0.1, 0.15) is 5.82 Å². The van der Waals surface area contributed by atoms with Gasteiger partial charge >= 0.3 is 0 Å². The number of alkyl halides is 2. The Morgan fingerprint density at radius 1 is 1.29 bits per heavy atom. The predicted octanol–water partition coefficient (Wildman–Crippen LogP) is 0.394. The predicted molar refractivity (Wildman–Crippen MR) is 66.3 cm³/mol. The second kappa shape index (κ2) is 5.72. The fraction of sp³-hybridized carbons (Fsp3) is 0.385. The normalized spacial score (nSPS) is 16.5. The summed E-state index contributed by atoms with van der Waals surface area (Å²) in [7, 11) is 0. The third kappa shape index (κ3) is 3.33. The summed E-state index contributed by atoms with van der Waals surface area (Å²) in [6.07, 6.45) is -2.92. The highest BCUT2D eigenvalue weighted by Gasteiger charge is 2.50. The van der Waals surface area contributed by atoms with Crippen molar-refractivity contribution in [3.8, 4) is 0 Å². The standard InChI is InChI=1S/C13H13F3N2O3/c14-9-3-1-8(2-4-9)11(20)17-5-10(19)18-6-13(21,7-18)12(15)16/h1-4,12,21H,5-7H2,(H,17,20). The van der Waals surface area contributed by atoms with Gasteiger partial charge in [0.15, 0.2) is 5.60 Å². The van der Waals surface area contributed by atoms with Gasteiger partial charge in [-0.1, -0.05) is 0 Å². The molecule has 1 aromatic carbocycles. The van der Waals surface area contributed by atoms with E-state index in [1.807, 2.05) is 0 Å². The van der Waals surface area contributed by atoms with Crippen LogP contribution in [0.15, 0.2) is 24.3 Å². The molecule has 1 heterocycles.